The lowest BCUT2D eigenvalue weighted by molar-refractivity contribution is -0.147. The molecule has 0 spiro atoms. The van der Waals surface area contributed by atoms with Crippen LogP contribution in [0.2, 0.25) is 0 Å². The molecule has 2 rings (SSSR count). The van der Waals surface area contributed by atoms with E-state index in [2.05, 4.69) is 26.2 Å². The highest BCUT2D eigenvalue weighted by atomic mass is 79.9. The summed E-state index contributed by atoms with van der Waals surface area (Å²) in [6.45, 7) is 1.87. The van der Waals surface area contributed by atoms with Crippen molar-refractivity contribution < 1.29 is 14.3 Å². The van der Waals surface area contributed by atoms with Crippen LogP contribution in [0.3, 0.4) is 0 Å². The summed E-state index contributed by atoms with van der Waals surface area (Å²) in [5.74, 6) is -0.0726. The van der Waals surface area contributed by atoms with Gasteiger partial charge in [0.1, 0.15) is 5.82 Å². The number of amides is 1. The Labute approximate surface area is 132 Å². The van der Waals surface area contributed by atoms with Crippen LogP contribution in [-0.2, 0) is 14.3 Å². The van der Waals surface area contributed by atoms with Crippen molar-refractivity contribution in [3.8, 4) is 0 Å². The second-order valence-corrected chi connectivity index (χ2v) is 6.19. The number of methoxy groups -OCH3 is 1. The van der Waals surface area contributed by atoms with Crippen LogP contribution in [0.25, 0.3) is 0 Å². The van der Waals surface area contributed by atoms with Gasteiger partial charge in [-0.05, 0) is 54.2 Å². The van der Waals surface area contributed by atoms with Gasteiger partial charge in [-0.1, -0.05) is 6.42 Å². The summed E-state index contributed by atoms with van der Waals surface area (Å²) in [5, 5.41) is 2.83. The number of esters is 1. The van der Waals surface area contributed by atoms with E-state index in [-0.39, 0.29) is 23.7 Å². The van der Waals surface area contributed by atoms with Crippen LogP contribution in [0.15, 0.2) is 16.6 Å². The molecule has 2 atom stereocenters. The number of carbonyl (C=O) groups excluding carboxylic acids is 2. The predicted octanol–water partition coefficient (Wildman–Crippen LogP) is 3.07. The number of hydrogen-bond acceptors (Lipinski definition) is 4. The van der Waals surface area contributed by atoms with Crippen molar-refractivity contribution in [1.82, 2.24) is 4.98 Å². The molecule has 0 bridgehead atoms. The van der Waals surface area contributed by atoms with Gasteiger partial charge in [0.05, 0.1) is 18.7 Å². The molecular weight excluding hydrogens is 336 g/mol. The second-order valence-electron chi connectivity index (χ2n) is 5.34. The molecule has 114 valence electrons. The van der Waals surface area contributed by atoms with Crippen molar-refractivity contribution in [3.63, 3.8) is 0 Å². The molecular formula is C15H19BrN2O3. The number of halogens is 1. The van der Waals surface area contributed by atoms with Crippen molar-refractivity contribution in [3.05, 3.63) is 22.3 Å². The maximum atomic E-state index is 12.3. The van der Waals surface area contributed by atoms with Gasteiger partial charge in [0, 0.05) is 10.4 Å². The third-order valence-electron chi connectivity index (χ3n) is 3.85. The minimum absolute atomic E-state index is 0.0715. The highest BCUT2D eigenvalue weighted by Gasteiger charge is 2.31. The van der Waals surface area contributed by atoms with Gasteiger partial charge in [-0.15, -0.1) is 0 Å². The monoisotopic (exact) mass is 354 g/mol. The SMILES string of the molecule is COC(=O)[C@H]1CCC[C@H](C(=O)Nc2ccc(Br)c(C)n2)C1. The molecule has 0 aromatic carbocycles. The van der Waals surface area contributed by atoms with Crippen molar-refractivity contribution in [2.24, 2.45) is 11.8 Å². The van der Waals surface area contributed by atoms with Crippen LogP contribution in [0.4, 0.5) is 5.82 Å². The average molecular weight is 355 g/mol. The van der Waals surface area contributed by atoms with Crippen molar-refractivity contribution >= 4 is 33.6 Å². The molecule has 1 amide bonds. The van der Waals surface area contributed by atoms with Gasteiger partial charge in [-0.2, -0.15) is 0 Å². The van der Waals surface area contributed by atoms with E-state index in [1.165, 1.54) is 7.11 Å². The Morgan fingerprint density at radius 2 is 2.05 bits per heavy atom. The summed E-state index contributed by atoms with van der Waals surface area (Å²) in [5.41, 5.74) is 0.823. The normalized spacial score (nSPS) is 21.7. The third kappa shape index (κ3) is 4.03. The highest BCUT2D eigenvalue weighted by Crippen LogP contribution is 2.30. The molecule has 0 unspecified atom stereocenters. The number of pyridine rings is 1. The van der Waals surface area contributed by atoms with Crippen LogP contribution in [0.5, 0.6) is 0 Å². The van der Waals surface area contributed by atoms with E-state index in [1.54, 1.807) is 6.07 Å². The topological polar surface area (TPSA) is 68.3 Å². The van der Waals surface area contributed by atoms with Crippen molar-refractivity contribution in [1.29, 1.82) is 0 Å². The smallest absolute Gasteiger partial charge is 0.308 e. The lowest BCUT2D eigenvalue weighted by Crippen LogP contribution is -2.31. The second kappa shape index (κ2) is 7.02. The number of aryl methyl sites for hydroxylation is 1. The lowest BCUT2D eigenvalue weighted by Gasteiger charge is -2.26. The predicted molar refractivity (Wildman–Crippen MR) is 82.8 cm³/mol. The van der Waals surface area contributed by atoms with Crippen LogP contribution < -0.4 is 5.32 Å². The number of carbonyl (C=O) groups is 2. The van der Waals surface area contributed by atoms with Crippen LogP contribution in [0.1, 0.15) is 31.4 Å². The first-order valence-electron chi connectivity index (χ1n) is 7.03. The van der Waals surface area contributed by atoms with Gasteiger partial charge in [0.2, 0.25) is 5.91 Å². The Hall–Kier alpha value is -1.43. The molecule has 0 aliphatic heterocycles. The fourth-order valence-electron chi connectivity index (χ4n) is 2.65. The van der Waals surface area contributed by atoms with Gasteiger partial charge in [0.15, 0.2) is 0 Å². The zero-order valence-electron chi connectivity index (χ0n) is 12.2. The van der Waals surface area contributed by atoms with E-state index in [4.69, 9.17) is 4.74 Å². The first-order valence-corrected chi connectivity index (χ1v) is 7.82. The molecule has 5 nitrogen and oxygen atoms in total. The maximum Gasteiger partial charge on any atom is 0.308 e. The summed E-state index contributed by atoms with van der Waals surface area (Å²) in [6, 6.07) is 3.62. The molecule has 21 heavy (non-hydrogen) atoms. The molecule has 1 aromatic heterocycles. The van der Waals surface area contributed by atoms with E-state index < -0.39 is 0 Å². The molecule has 1 saturated carbocycles. The quantitative estimate of drug-likeness (QED) is 0.847. The summed E-state index contributed by atoms with van der Waals surface area (Å²) < 4.78 is 5.68. The first-order chi connectivity index (χ1) is 10.0. The molecule has 1 N–H and O–H groups in total. The first kappa shape index (κ1) is 15.9. The Balaban J connectivity index is 1.99. The van der Waals surface area contributed by atoms with Crippen molar-refractivity contribution in [2.75, 3.05) is 12.4 Å². The van der Waals surface area contributed by atoms with Crippen molar-refractivity contribution in [2.45, 2.75) is 32.6 Å². The molecule has 1 heterocycles. The molecule has 0 radical (unpaired) electrons. The van der Waals surface area contributed by atoms with Gasteiger partial charge in [-0.3, -0.25) is 9.59 Å². The fraction of sp³-hybridized carbons (Fsp3) is 0.533. The molecule has 1 aromatic rings. The van der Waals surface area contributed by atoms with Crippen LogP contribution in [0, 0.1) is 18.8 Å². The summed E-state index contributed by atoms with van der Waals surface area (Å²) >= 11 is 3.38. The maximum absolute atomic E-state index is 12.3. The summed E-state index contributed by atoms with van der Waals surface area (Å²) in [7, 11) is 1.39. The molecule has 1 fully saturated rings. The lowest BCUT2D eigenvalue weighted by atomic mass is 9.81. The van der Waals surface area contributed by atoms with E-state index in [1.807, 2.05) is 13.0 Å². The highest BCUT2D eigenvalue weighted by molar-refractivity contribution is 9.10. The standard InChI is InChI=1S/C15H19BrN2O3/c1-9-12(16)6-7-13(17-9)18-14(19)10-4-3-5-11(8-10)15(20)21-2/h6-7,10-11H,3-5,8H2,1-2H3,(H,17,18,19)/t10-,11-/m0/s1. The molecule has 1 aliphatic carbocycles. The number of aromatic nitrogens is 1. The zero-order chi connectivity index (χ0) is 15.4. The number of rotatable bonds is 3. The Kier molecular flexibility index (Phi) is 5.33. The average Bonchev–Trinajstić information content (AvgIpc) is 2.50. The van der Waals surface area contributed by atoms with Gasteiger partial charge in [0.25, 0.3) is 0 Å². The number of anilines is 1. The summed E-state index contributed by atoms with van der Waals surface area (Å²) in [6.07, 6.45) is 3.01. The molecule has 1 aliphatic rings. The Bertz CT molecular complexity index is 548. The zero-order valence-corrected chi connectivity index (χ0v) is 13.8. The Morgan fingerprint density at radius 1 is 1.33 bits per heavy atom. The third-order valence-corrected chi connectivity index (χ3v) is 4.69. The minimum atomic E-state index is -0.217. The molecule has 0 saturated heterocycles. The van der Waals surface area contributed by atoms with Crippen LogP contribution >= 0.6 is 15.9 Å². The minimum Gasteiger partial charge on any atom is -0.469 e. The van der Waals surface area contributed by atoms with E-state index in [9.17, 15) is 9.59 Å². The molecule has 6 heteroatoms. The number of ether oxygens (including phenoxy) is 1. The van der Waals surface area contributed by atoms with Gasteiger partial charge >= 0.3 is 5.97 Å². The Morgan fingerprint density at radius 3 is 2.71 bits per heavy atom. The van der Waals surface area contributed by atoms with Crippen LogP contribution in [-0.4, -0.2) is 24.0 Å². The van der Waals surface area contributed by atoms with E-state index >= 15 is 0 Å². The van der Waals surface area contributed by atoms with Gasteiger partial charge in [-0.25, -0.2) is 4.98 Å². The van der Waals surface area contributed by atoms with E-state index in [0.717, 1.165) is 29.4 Å². The van der Waals surface area contributed by atoms with E-state index in [0.29, 0.717) is 12.2 Å². The number of nitrogens with one attached hydrogen (secondary N) is 1. The van der Waals surface area contributed by atoms with Gasteiger partial charge < -0.3 is 10.1 Å². The largest absolute Gasteiger partial charge is 0.469 e. The fourth-order valence-corrected chi connectivity index (χ4v) is 2.87. The summed E-state index contributed by atoms with van der Waals surface area (Å²) in [4.78, 5) is 28.2. The number of nitrogens with zero attached hydrogens (tertiary/aromatic N) is 1. The number of hydrogen-bond donors (Lipinski definition) is 1.